The Hall–Kier alpha value is 0.283. The fourth-order valence-corrected chi connectivity index (χ4v) is 0.612. The molecule has 0 aliphatic rings. The Balaban J connectivity index is 2.62. The van der Waals surface area contributed by atoms with Crippen LogP contribution >= 0.6 is 0 Å². The van der Waals surface area contributed by atoms with Gasteiger partial charge in [-0.3, -0.25) is 0 Å². The fourth-order valence-electron chi connectivity index (χ4n) is 0.118. The molecule has 0 bridgehead atoms. The molecule has 0 N–H and O–H groups in total. The van der Waals surface area contributed by atoms with Gasteiger partial charge in [0.15, 0.2) is 0 Å². The molecule has 0 amide bonds. The van der Waals surface area contributed by atoms with Gasteiger partial charge in [0.1, 0.15) is 0 Å². The Labute approximate surface area is 41.5 Å². The van der Waals surface area contributed by atoms with Gasteiger partial charge in [-0.15, -0.1) is 0 Å². The van der Waals surface area contributed by atoms with Gasteiger partial charge in [0.25, 0.3) is 0 Å². The van der Waals surface area contributed by atoms with E-state index in [1.54, 1.807) is 0 Å². The van der Waals surface area contributed by atoms with Gasteiger partial charge in [0, 0.05) is 0 Å². The Bertz CT molecular complexity index is 30.6. The van der Waals surface area contributed by atoms with Gasteiger partial charge in [-0.25, -0.2) is 0 Å². The molecule has 0 fully saturated rings. The van der Waals surface area contributed by atoms with Crippen LogP contribution in [0.1, 0.15) is 6.92 Å². The maximum absolute atomic E-state index is 2.12. The molecular formula is C4H7Ge. The SMILES string of the molecule is C/C=C/[CH2][Ge]. The average molecular weight is 128 g/mol. The third-order valence-electron chi connectivity index (χ3n) is 0.354. The number of hydrogen-bond donors (Lipinski definition) is 0. The molecule has 27 valence electrons. The van der Waals surface area contributed by atoms with Crippen molar-refractivity contribution in [1.82, 2.24) is 0 Å². The summed E-state index contributed by atoms with van der Waals surface area (Å²) >= 11 is 2.12. The van der Waals surface area contributed by atoms with Crippen LogP contribution in [0.3, 0.4) is 0 Å². The van der Waals surface area contributed by atoms with Crippen LogP contribution in [-0.2, 0) is 0 Å². The monoisotopic (exact) mass is 129 g/mol. The minimum absolute atomic E-state index is 1.16. The molecule has 5 heavy (non-hydrogen) atoms. The van der Waals surface area contributed by atoms with E-state index in [9.17, 15) is 0 Å². The molecule has 0 aromatic heterocycles. The van der Waals surface area contributed by atoms with Crippen LogP contribution < -0.4 is 0 Å². The molecule has 0 unspecified atom stereocenters. The summed E-state index contributed by atoms with van der Waals surface area (Å²) in [7, 11) is 0. The third kappa shape index (κ3) is 4.28. The van der Waals surface area contributed by atoms with Crippen molar-refractivity contribution in [3.63, 3.8) is 0 Å². The molecule has 0 aliphatic carbocycles. The summed E-state index contributed by atoms with van der Waals surface area (Å²) in [5.41, 5.74) is 0. The first-order chi connectivity index (χ1) is 2.41. The minimum atomic E-state index is 1.16. The van der Waals surface area contributed by atoms with Gasteiger partial charge in [-0.05, 0) is 0 Å². The molecule has 0 rings (SSSR count). The van der Waals surface area contributed by atoms with Crippen LogP contribution in [0, 0.1) is 0 Å². The fraction of sp³-hybridized carbons (Fsp3) is 0.500. The summed E-state index contributed by atoms with van der Waals surface area (Å²) in [4.78, 5) is 0. The molecule has 0 aliphatic heterocycles. The number of allylic oxidation sites excluding steroid dienone is 2. The van der Waals surface area contributed by atoms with E-state index in [1.807, 2.05) is 6.92 Å². The molecule has 0 nitrogen and oxygen atoms in total. The molecule has 0 aromatic rings. The molecule has 0 saturated carbocycles. The van der Waals surface area contributed by atoms with E-state index >= 15 is 0 Å². The summed E-state index contributed by atoms with van der Waals surface area (Å²) in [5, 5.41) is 1.16. The second-order valence-corrected chi connectivity index (χ2v) is 1.63. The molecule has 1 heteroatoms. The van der Waals surface area contributed by atoms with E-state index < -0.39 is 0 Å². The molecular weight excluding hydrogens is 121 g/mol. The Morgan fingerprint density at radius 2 is 2.40 bits per heavy atom. The maximum atomic E-state index is 2.12. The van der Waals surface area contributed by atoms with Crippen molar-refractivity contribution >= 4 is 16.5 Å². The van der Waals surface area contributed by atoms with E-state index in [4.69, 9.17) is 0 Å². The third-order valence-corrected chi connectivity index (χ3v) is 0.848. The van der Waals surface area contributed by atoms with Crippen molar-refractivity contribution in [3.05, 3.63) is 12.2 Å². The number of rotatable bonds is 1. The van der Waals surface area contributed by atoms with Gasteiger partial charge in [0.2, 0.25) is 0 Å². The topological polar surface area (TPSA) is 0 Å². The van der Waals surface area contributed by atoms with E-state index in [0.717, 1.165) is 5.25 Å². The van der Waals surface area contributed by atoms with E-state index in [1.165, 1.54) is 0 Å². The average Bonchev–Trinajstić information content (AvgIpc) is 1.41. The van der Waals surface area contributed by atoms with Crippen LogP contribution in [0.15, 0.2) is 12.2 Å². The quantitative estimate of drug-likeness (QED) is 0.366. The second kappa shape index (κ2) is 4.28. The van der Waals surface area contributed by atoms with Gasteiger partial charge in [-0.2, -0.15) is 0 Å². The summed E-state index contributed by atoms with van der Waals surface area (Å²) in [6, 6.07) is 0. The summed E-state index contributed by atoms with van der Waals surface area (Å²) in [6.07, 6.45) is 4.18. The Morgan fingerprint density at radius 1 is 1.80 bits per heavy atom. The molecule has 0 aromatic carbocycles. The van der Waals surface area contributed by atoms with Gasteiger partial charge in [0.05, 0.1) is 0 Å². The Kier molecular flexibility index (Phi) is 4.53. The van der Waals surface area contributed by atoms with Crippen LogP contribution in [0.5, 0.6) is 0 Å². The first-order valence-corrected chi connectivity index (χ1v) is 3.16. The van der Waals surface area contributed by atoms with Crippen molar-refractivity contribution in [1.29, 1.82) is 0 Å². The predicted octanol–water partition coefficient (Wildman–Crippen LogP) is 1.15. The van der Waals surface area contributed by atoms with Gasteiger partial charge in [-0.1, -0.05) is 0 Å². The Morgan fingerprint density at radius 3 is 2.40 bits per heavy atom. The molecule has 0 atom stereocenters. The van der Waals surface area contributed by atoms with E-state index in [2.05, 4.69) is 28.7 Å². The standard InChI is InChI=1S/C4H7Ge/c1-2-3-4-5/h2-3H,4H2,1H3/b3-2+. The first kappa shape index (κ1) is 5.28. The van der Waals surface area contributed by atoms with Crippen molar-refractivity contribution in [2.24, 2.45) is 0 Å². The summed E-state index contributed by atoms with van der Waals surface area (Å²) in [5.74, 6) is 0. The predicted molar refractivity (Wildman–Crippen MR) is 25.4 cm³/mol. The normalized spacial score (nSPS) is 10.0. The number of hydrogen-bond acceptors (Lipinski definition) is 0. The zero-order chi connectivity index (χ0) is 4.12. The molecule has 3 radical (unpaired) electrons. The zero-order valence-electron chi connectivity index (χ0n) is 3.36. The van der Waals surface area contributed by atoms with Gasteiger partial charge >= 0.3 is 40.8 Å². The molecule has 0 saturated heterocycles. The molecule has 0 spiro atoms. The van der Waals surface area contributed by atoms with Crippen molar-refractivity contribution in [2.45, 2.75) is 12.2 Å². The van der Waals surface area contributed by atoms with Crippen LogP contribution in [0.25, 0.3) is 0 Å². The van der Waals surface area contributed by atoms with Crippen LogP contribution in [-0.4, -0.2) is 16.5 Å². The van der Waals surface area contributed by atoms with Crippen molar-refractivity contribution in [3.8, 4) is 0 Å². The van der Waals surface area contributed by atoms with Crippen LogP contribution in [0.4, 0.5) is 0 Å². The van der Waals surface area contributed by atoms with Crippen LogP contribution in [0.2, 0.25) is 5.25 Å². The second-order valence-electron chi connectivity index (χ2n) is 0.773. The van der Waals surface area contributed by atoms with E-state index in [0.29, 0.717) is 0 Å². The molecule has 0 heterocycles. The van der Waals surface area contributed by atoms with Crippen molar-refractivity contribution in [2.75, 3.05) is 0 Å². The van der Waals surface area contributed by atoms with E-state index in [-0.39, 0.29) is 0 Å². The summed E-state index contributed by atoms with van der Waals surface area (Å²) in [6.45, 7) is 2.03. The first-order valence-electron chi connectivity index (χ1n) is 1.67. The van der Waals surface area contributed by atoms with Gasteiger partial charge < -0.3 is 0 Å². The zero-order valence-corrected chi connectivity index (χ0v) is 5.46. The van der Waals surface area contributed by atoms with Crippen molar-refractivity contribution < 1.29 is 0 Å². The summed E-state index contributed by atoms with van der Waals surface area (Å²) < 4.78 is 0.